The molecule has 0 atom stereocenters. The molecule has 146 valence electrons. The minimum Gasteiger partial charge on any atom is -0.379 e. The molecule has 1 fully saturated rings. The first kappa shape index (κ1) is 21.8. The van der Waals surface area contributed by atoms with Gasteiger partial charge in [0.2, 0.25) is 11.8 Å². The summed E-state index contributed by atoms with van der Waals surface area (Å²) < 4.78 is 16.8. The standard InChI is InChI=1S/C16H32N4O5/c1-15(21)17(3)19-5-9-23-10-6-20(18(4)16(2)22)8-12-25-14-13-24-11-7-19/h5-14H2,1-4H3. The fourth-order valence-corrected chi connectivity index (χ4v) is 2.33. The topological polar surface area (TPSA) is 74.8 Å². The van der Waals surface area contributed by atoms with Gasteiger partial charge in [-0.2, -0.15) is 0 Å². The quantitative estimate of drug-likeness (QED) is 0.653. The summed E-state index contributed by atoms with van der Waals surface area (Å²) in [6.45, 7) is 8.47. The second-order valence-corrected chi connectivity index (χ2v) is 5.83. The van der Waals surface area contributed by atoms with Gasteiger partial charge in [-0.15, -0.1) is 0 Å². The van der Waals surface area contributed by atoms with Crippen LogP contribution in [0.3, 0.4) is 0 Å². The van der Waals surface area contributed by atoms with Crippen molar-refractivity contribution in [2.45, 2.75) is 13.8 Å². The molecule has 1 saturated heterocycles. The van der Waals surface area contributed by atoms with Crippen molar-refractivity contribution in [1.29, 1.82) is 0 Å². The average molecular weight is 360 g/mol. The van der Waals surface area contributed by atoms with Crippen LogP contribution in [0, 0.1) is 0 Å². The van der Waals surface area contributed by atoms with Gasteiger partial charge in [-0.05, 0) is 0 Å². The Morgan fingerprint density at radius 3 is 1.20 bits per heavy atom. The zero-order valence-electron chi connectivity index (χ0n) is 15.9. The first-order valence-corrected chi connectivity index (χ1v) is 8.65. The van der Waals surface area contributed by atoms with Gasteiger partial charge >= 0.3 is 0 Å². The molecule has 0 aliphatic carbocycles. The highest BCUT2D eigenvalue weighted by Crippen LogP contribution is 2.00. The van der Waals surface area contributed by atoms with Gasteiger partial charge in [-0.3, -0.25) is 19.6 Å². The number of rotatable bonds is 2. The van der Waals surface area contributed by atoms with Crippen molar-refractivity contribution in [3.05, 3.63) is 0 Å². The molecule has 25 heavy (non-hydrogen) atoms. The number of nitrogens with zero attached hydrogens (tertiary/aromatic N) is 4. The maximum atomic E-state index is 11.6. The summed E-state index contributed by atoms with van der Waals surface area (Å²) in [4.78, 5) is 23.2. The summed E-state index contributed by atoms with van der Waals surface area (Å²) in [5, 5.41) is 6.97. The summed E-state index contributed by atoms with van der Waals surface area (Å²) in [6.07, 6.45) is 0. The van der Waals surface area contributed by atoms with Crippen LogP contribution < -0.4 is 0 Å². The molecule has 2 amide bonds. The second kappa shape index (κ2) is 12.2. The maximum Gasteiger partial charge on any atom is 0.233 e. The number of ether oxygens (including phenoxy) is 3. The van der Waals surface area contributed by atoms with Crippen LogP contribution in [-0.2, 0) is 23.8 Å². The zero-order valence-corrected chi connectivity index (χ0v) is 15.9. The minimum absolute atomic E-state index is 0.0319. The SMILES string of the molecule is CC(=O)N(C)N1CCOCCOCCN(N(C)C(C)=O)CCOCC1. The Labute approximate surface area is 150 Å². The van der Waals surface area contributed by atoms with E-state index in [1.807, 2.05) is 10.0 Å². The van der Waals surface area contributed by atoms with Gasteiger partial charge in [0.1, 0.15) is 0 Å². The number of carbonyl (C=O) groups excluding carboxylic acids is 2. The lowest BCUT2D eigenvalue weighted by Gasteiger charge is -2.32. The normalized spacial score (nSPS) is 20.3. The molecule has 0 spiro atoms. The molecule has 0 radical (unpaired) electrons. The van der Waals surface area contributed by atoms with Gasteiger partial charge in [-0.25, -0.2) is 10.0 Å². The van der Waals surface area contributed by atoms with Gasteiger partial charge in [0.05, 0.1) is 39.6 Å². The summed E-state index contributed by atoms with van der Waals surface area (Å²) in [6, 6.07) is 0. The lowest BCUT2D eigenvalue weighted by Crippen LogP contribution is -2.47. The lowest BCUT2D eigenvalue weighted by atomic mass is 10.5. The number of hydrazine groups is 2. The van der Waals surface area contributed by atoms with E-state index in [4.69, 9.17) is 14.2 Å². The van der Waals surface area contributed by atoms with Crippen molar-refractivity contribution < 1.29 is 23.8 Å². The Morgan fingerprint density at radius 1 is 0.640 bits per heavy atom. The van der Waals surface area contributed by atoms with Crippen LogP contribution >= 0.6 is 0 Å². The van der Waals surface area contributed by atoms with Gasteiger partial charge in [0.25, 0.3) is 0 Å². The highest BCUT2D eigenvalue weighted by atomic mass is 16.5. The predicted molar refractivity (Wildman–Crippen MR) is 92.5 cm³/mol. The smallest absolute Gasteiger partial charge is 0.233 e. The van der Waals surface area contributed by atoms with Gasteiger partial charge < -0.3 is 14.2 Å². The highest BCUT2D eigenvalue weighted by Gasteiger charge is 2.16. The fourth-order valence-electron chi connectivity index (χ4n) is 2.33. The molecule has 0 aromatic carbocycles. The van der Waals surface area contributed by atoms with Crippen LogP contribution in [0.15, 0.2) is 0 Å². The van der Waals surface area contributed by atoms with E-state index in [0.717, 1.165) is 0 Å². The summed E-state index contributed by atoms with van der Waals surface area (Å²) in [5.74, 6) is -0.0639. The monoisotopic (exact) mass is 360 g/mol. The third-order valence-electron chi connectivity index (χ3n) is 4.11. The van der Waals surface area contributed by atoms with Crippen LogP contribution in [-0.4, -0.2) is 112 Å². The van der Waals surface area contributed by atoms with E-state index in [1.54, 1.807) is 24.1 Å². The van der Waals surface area contributed by atoms with E-state index >= 15 is 0 Å². The second-order valence-electron chi connectivity index (χ2n) is 5.83. The van der Waals surface area contributed by atoms with Gasteiger partial charge in [0.15, 0.2) is 0 Å². The molecular formula is C16H32N4O5. The van der Waals surface area contributed by atoms with Gasteiger partial charge in [0, 0.05) is 54.1 Å². The lowest BCUT2D eigenvalue weighted by molar-refractivity contribution is -0.146. The molecule has 0 aromatic heterocycles. The van der Waals surface area contributed by atoms with Crippen LogP contribution in [0.4, 0.5) is 0 Å². The third-order valence-corrected chi connectivity index (χ3v) is 4.11. The average Bonchev–Trinajstić information content (AvgIpc) is 2.58. The van der Waals surface area contributed by atoms with E-state index < -0.39 is 0 Å². The van der Waals surface area contributed by atoms with E-state index in [-0.39, 0.29) is 11.8 Å². The highest BCUT2D eigenvalue weighted by molar-refractivity contribution is 5.72. The number of hydrogen-bond acceptors (Lipinski definition) is 7. The zero-order chi connectivity index (χ0) is 18.7. The van der Waals surface area contributed by atoms with Crippen LogP contribution in [0.25, 0.3) is 0 Å². The molecule has 0 unspecified atom stereocenters. The Hall–Kier alpha value is -1.26. The minimum atomic E-state index is -0.0319. The molecule has 1 rings (SSSR count). The Bertz CT molecular complexity index is 374. The molecule has 0 saturated carbocycles. The molecule has 9 nitrogen and oxygen atoms in total. The largest absolute Gasteiger partial charge is 0.379 e. The van der Waals surface area contributed by atoms with Crippen molar-refractivity contribution >= 4 is 11.8 Å². The summed E-state index contributed by atoms with van der Waals surface area (Å²) in [5.41, 5.74) is 0. The van der Waals surface area contributed by atoms with Crippen molar-refractivity contribution in [3.63, 3.8) is 0 Å². The maximum absolute atomic E-state index is 11.6. The first-order chi connectivity index (χ1) is 11.9. The van der Waals surface area contributed by atoms with Gasteiger partial charge in [-0.1, -0.05) is 0 Å². The van der Waals surface area contributed by atoms with Crippen LogP contribution in [0.1, 0.15) is 13.8 Å². The van der Waals surface area contributed by atoms with E-state index in [0.29, 0.717) is 65.8 Å². The Kier molecular flexibility index (Phi) is 10.6. The van der Waals surface area contributed by atoms with Crippen molar-refractivity contribution in [2.75, 3.05) is 79.9 Å². The van der Waals surface area contributed by atoms with Crippen LogP contribution in [0.2, 0.25) is 0 Å². The molecule has 1 heterocycles. The predicted octanol–water partition coefficient (Wildman–Crippen LogP) is -0.560. The summed E-state index contributed by atoms with van der Waals surface area (Å²) >= 11 is 0. The Balaban J connectivity index is 2.58. The number of hydrogen-bond donors (Lipinski definition) is 0. The number of carbonyl (C=O) groups is 2. The van der Waals surface area contributed by atoms with Crippen molar-refractivity contribution in [2.24, 2.45) is 0 Å². The first-order valence-electron chi connectivity index (χ1n) is 8.65. The molecule has 1 aliphatic rings. The van der Waals surface area contributed by atoms with E-state index in [2.05, 4.69) is 0 Å². The van der Waals surface area contributed by atoms with E-state index in [9.17, 15) is 9.59 Å². The molecule has 0 bridgehead atoms. The van der Waals surface area contributed by atoms with E-state index in [1.165, 1.54) is 13.8 Å². The van der Waals surface area contributed by atoms with Crippen molar-refractivity contribution in [1.82, 2.24) is 20.0 Å². The molecule has 0 aromatic rings. The number of amides is 2. The fraction of sp³-hybridized carbons (Fsp3) is 0.875. The van der Waals surface area contributed by atoms with Crippen molar-refractivity contribution in [3.8, 4) is 0 Å². The Morgan fingerprint density at radius 2 is 0.920 bits per heavy atom. The van der Waals surface area contributed by atoms with Crippen LogP contribution in [0.5, 0.6) is 0 Å². The molecular weight excluding hydrogens is 328 g/mol. The molecule has 1 aliphatic heterocycles. The molecule has 9 heteroatoms. The summed E-state index contributed by atoms with van der Waals surface area (Å²) in [7, 11) is 3.48. The third kappa shape index (κ3) is 8.59. The molecule has 0 N–H and O–H groups in total.